The standard InChI is InChI=1S/C15H9BrFIO2/c16-9-4-5-12(18)10(7-9)14(19)13-6-8-2-1-3-11(17)15(8)20-13/h1-7,14,19H. The fourth-order valence-electron chi connectivity index (χ4n) is 2.06. The highest BCUT2D eigenvalue weighted by Crippen LogP contribution is 2.32. The molecule has 20 heavy (non-hydrogen) atoms. The molecule has 1 heterocycles. The van der Waals surface area contributed by atoms with Crippen molar-refractivity contribution in [1.29, 1.82) is 0 Å². The SMILES string of the molecule is OC(c1cc2cccc(F)c2o1)c1cc(Br)ccc1I. The quantitative estimate of drug-likeness (QED) is 0.560. The minimum atomic E-state index is -0.925. The van der Waals surface area contributed by atoms with E-state index in [1.165, 1.54) is 6.07 Å². The molecule has 5 heteroatoms. The van der Waals surface area contributed by atoms with Crippen LogP contribution in [0.5, 0.6) is 0 Å². The molecule has 0 spiro atoms. The Kier molecular flexibility index (Phi) is 3.83. The van der Waals surface area contributed by atoms with E-state index in [1.54, 1.807) is 18.2 Å². The van der Waals surface area contributed by atoms with Crippen molar-refractivity contribution in [3.8, 4) is 0 Å². The van der Waals surface area contributed by atoms with E-state index in [1.807, 2.05) is 18.2 Å². The topological polar surface area (TPSA) is 33.4 Å². The van der Waals surface area contributed by atoms with E-state index in [-0.39, 0.29) is 5.58 Å². The first-order valence-electron chi connectivity index (χ1n) is 5.87. The van der Waals surface area contributed by atoms with Gasteiger partial charge in [0.1, 0.15) is 11.9 Å². The summed E-state index contributed by atoms with van der Waals surface area (Å²) in [5, 5.41) is 11.1. The fraction of sp³-hybridized carbons (Fsp3) is 0.0667. The van der Waals surface area contributed by atoms with Crippen LogP contribution in [0.4, 0.5) is 4.39 Å². The molecule has 1 aromatic heterocycles. The second-order valence-corrected chi connectivity index (χ2v) is 6.45. The van der Waals surface area contributed by atoms with Crippen LogP contribution in [0.15, 0.2) is 51.4 Å². The number of halogens is 3. The number of furan rings is 1. The number of rotatable bonds is 2. The van der Waals surface area contributed by atoms with E-state index < -0.39 is 11.9 Å². The molecule has 0 aliphatic carbocycles. The first-order chi connectivity index (χ1) is 9.56. The van der Waals surface area contributed by atoms with Gasteiger partial charge in [0.15, 0.2) is 11.4 Å². The van der Waals surface area contributed by atoms with Crippen molar-refractivity contribution >= 4 is 49.5 Å². The van der Waals surface area contributed by atoms with Crippen LogP contribution in [-0.4, -0.2) is 5.11 Å². The second-order valence-electron chi connectivity index (χ2n) is 4.38. The van der Waals surface area contributed by atoms with E-state index in [0.717, 1.165) is 13.6 Å². The Morgan fingerprint density at radius 1 is 1.20 bits per heavy atom. The van der Waals surface area contributed by atoms with Crippen LogP contribution in [0.1, 0.15) is 17.4 Å². The zero-order valence-corrected chi connectivity index (χ0v) is 13.9. The fourth-order valence-corrected chi connectivity index (χ4v) is 3.07. The van der Waals surface area contributed by atoms with Crippen LogP contribution in [-0.2, 0) is 0 Å². The number of hydrogen-bond acceptors (Lipinski definition) is 2. The first-order valence-corrected chi connectivity index (χ1v) is 7.74. The van der Waals surface area contributed by atoms with Crippen molar-refractivity contribution in [1.82, 2.24) is 0 Å². The van der Waals surface area contributed by atoms with Crippen LogP contribution in [0.25, 0.3) is 11.0 Å². The Balaban J connectivity index is 2.10. The maximum absolute atomic E-state index is 13.6. The number of hydrogen-bond donors (Lipinski definition) is 1. The lowest BCUT2D eigenvalue weighted by Gasteiger charge is -2.10. The van der Waals surface area contributed by atoms with E-state index >= 15 is 0 Å². The summed E-state index contributed by atoms with van der Waals surface area (Å²) >= 11 is 5.53. The highest BCUT2D eigenvalue weighted by Gasteiger charge is 2.19. The molecule has 0 aliphatic heterocycles. The van der Waals surface area contributed by atoms with Crippen LogP contribution in [0.3, 0.4) is 0 Å². The van der Waals surface area contributed by atoms with Gasteiger partial charge < -0.3 is 9.52 Å². The highest BCUT2D eigenvalue weighted by molar-refractivity contribution is 14.1. The summed E-state index contributed by atoms with van der Waals surface area (Å²) in [6, 6.07) is 12.0. The summed E-state index contributed by atoms with van der Waals surface area (Å²) in [5.41, 5.74) is 0.894. The lowest BCUT2D eigenvalue weighted by atomic mass is 10.1. The van der Waals surface area contributed by atoms with Gasteiger partial charge in [-0.2, -0.15) is 0 Å². The molecule has 2 aromatic carbocycles. The lowest BCUT2D eigenvalue weighted by Crippen LogP contribution is -2.00. The molecule has 1 unspecified atom stereocenters. The van der Waals surface area contributed by atoms with Gasteiger partial charge in [0, 0.05) is 19.0 Å². The van der Waals surface area contributed by atoms with E-state index in [0.29, 0.717) is 11.1 Å². The Bertz CT molecular complexity index is 785. The molecule has 102 valence electrons. The molecule has 1 N–H and O–H groups in total. The number of aliphatic hydroxyl groups excluding tert-OH is 1. The van der Waals surface area contributed by atoms with Crippen molar-refractivity contribution in [3.63, 3.8) is 0 Å². The van der Waals surface area contributed by atoms with Gasteiger partial charge in [0.25, 0.3) is 0 Å². The predicted molar refractivity (Wildman–Crippen MR) is 87.1 cm³/mol. The molecular formula is C15H9BrFIO2. The molecule has 2 nitrogen and oxygen atoms in total. The van der Waals surface area contributed by atoms with Crippen LogP contribution < -0.4 is 0 Å². The van der Waals surface area contributed by atoms with E-state index in [9.17, 15) is 9.50 Å². The van der Waals surface area contributed by atoms with E-state index in [2.05, 4.69) is 38.5 Å². The summed E-state index contributed by atoms with van der Waals surface area (Å²) < 4.78 is 20.9. The monoisotopic (exact) mass is 446 g/mol. The van der Waals surface area contributed by atoms with E-state index in [4.69, 9.17) is 4.42 Å². The summed E-state index contributed by atoms with van der Waals surface area (Å²) in [6.07, 6.45) is -0.925. The summed E-state index contributed by atoms with van der Waals surface area (Å²) in [7, 11) is 0. The van der Waals surface area contributed by atoms with Crippen LogP contribution in [0, 0.1) is 9.39 Å². The Morgan fingerprint density at radius 3 is 2.75 bits per heavy atom. The molecule has 0 saturated carbocycles. The molecule has 3 aromatic rings. The second kappa shape index (κ2) is 5.46. The van der Waals surface area contributed by atoms with Crippen molar-refractivity contribution < 1.29 is 13.9 Å². The molecule has 0 bridgehead atoms. The molecule has 1 atom stereocenters. The number of para-hydroxylation sites is 1. The Labute approximate surface area is 136 Å². The zero-order chi connectivity index (χ0) is 14.3. The minimum absolute atomic E-state index is 0.173. The molecule has 0 radical (unpaired) electrons. The van der Waals surface area contributed by atoms with Crippen molar-refractivity contribution in [2.75, 3.05) is 0 Å². The average molecular weight is 447 g/mol. The average Bonchev–Trinajstić information content (AvgIpc) is 2.86. The van der Waals surface area contributed by atoms with Gasteiger partial charge in [-0.1, -0.05) is 28.1 Å². The van der Waals surface area contributed by atoms with Gasteiger partial charge >= 0.3 is 0 Å². The summed E-state index contributed by atoms with van der Waals surface area (Å²) in [4.78, 5) is 0. The summed E-state index contributed by atoms with van der Waals surface area (Å²) in [5.74, 6) is -0.0917. The van der Waals surface area contributed by atoms with Gasteiger partial charge in [-0.25, -0.2) is 4.39 Å². The number of aliphatic hydroxyl groups is 1. The lowest BCUT2D eigenvalue weighted by molar-refractivity contribution is 0.191. The smallest absolute Gasteiger partial charge is 0.170 e. The maximum atomic E-state index is 13.6. The predicted octanol–water partition coefficient (Wildman–Crippen LogP) is 5.02. The van der Waals surface area contributed by atoms with Gasteiger partial charge in [-0.15, -0.1) is 0 Å². The summed E-state index contributed by atoms with van der Waals surface area (Å²) in [6.45, 7) is 0. The normalized spacial score (nSPS) is 12.8. The number of benzene rings is 2. The molecule has 0 fully saturated rings. The van der Waals surface area contributed by atoms with Gasteiger partial charge in [0.2, 0.25) is 0 Å². The van der Waals surface area contributed by atoms with Crippen molar-refractivity contribution in [3.05, 3.63) is 67.6 Å². The minimum Gasteiger partial charge on any atom is -0.455 e. The largest absolute Gasteiger partial charge is 0.455 e. The van der Waals surface area contributed by atoms with Crippen molar-refractivity contribution in [2.24, 2.45) is 0 Å². The number of fused-ring (bicyclic) bond motifs is 1. The highest BCUT2D eigenvalue weighted by atomic mass is 127. The molecule has 3 rings (SSSR count). The zero-order valence-electron chi connectivity index (χ0n) is 10.1. The van der Waals surface area contributed by atoms with Crippen LogP contribution in [0.2, 0.25) is 0 Å². The van der Waals surface area contributed by atoms with Crippen LogP contribution >= 0.6 is 38.5 Å². The third kappa shape index (κ3) is 2.49. The third-order valence-electron chi connectivity index (χ3n) is 3.04. The molecule has 0 saturated heterocycles. The maximum Gasteiger partial charge on any atom is 0.170 e. The third-order valence-corrected chi connectivity index (χ3v) is 4.51. The molecule has 0 aliphatic rings. The van der Waals surface area contributed by atoms with Gasteiger partial charge in [-0.3, -0.25) is 0 Å². The first kappa shape index (κ1) is 14.0. The molecular weight excluding hydrogens is 438 g/mol. The Hall–Kier alpha value is -0.920. The van der Waals surface area contributed by atoms with Crippen molar-refractivity contribution in [2.45, 2.75) is 6.10 Å². The Morgan fingerprint density at radius 2 is 2.00 bits per heavy atom. The molecule has 0 amide bonds. The van der Waals surface area contributed by atoms with Gasteiger partial charge in [0.05, 0.1) is 0 Å². The van der Waals surface area contributed by atoms with Gasteiger partial charge in [-0.05, 0) is 52.9 Å².